The SMILES string of the molecule is C=CCOC(=O)N1Cc2cccc(F)c2CC1C(=O)O. The lowest BCUT2D eigenvalue weighted by molar-refractivity contribution is -0.143. The minimum Gasteiger partial charge on any atom is -0.480 e. The average Bonchev–Trinajstić information content (AvgIpc) is 2.43. The van der Waals surface area contributed by atoms with Crippen LogP contribution >= 0.6 is 0 Å². The maximum atomic E-state index is 13.7. The van der Waals surface area contributed by atoms with Crippen molar-refractivity contribution in [3.05, 3.63) is 47.8 Å². The van der Waals surface area contributed by atoms with Crippen molar-refractivity contribution >= 4 is 12.1 Å². The fourth-order valence-corrected chi connectivity index (χ4v) is 2.20. The first-order valence-corrected chi connectivity index (χ1v) is 6.08. The third-order valence-corrected chi connectivity index (χ3v) is 3.17. The Hall–Kier alpha value is -2.37. The molecule has 1 aromatic rings. The summed E-state index contributed by atoms with van der Waals surface area (Å²) in [7, 11) is 0. The molecule has 1 aromatic carbocycles. The predicted molar refractivity (Wildman–Crippen MR) is 68.6 cm³/mol. The van der Waals surface area contributed by atoms with Crippen molar-refractivity contribution in [2.75, 3.05) is 6.61 Å². The van der Waals surface area contributed by atoms with Crippen LogP contribution in [0.2, 0.25) is 0 Å². The second kappa shape index (κ2) is 5.73. The van der Waals surface area contributed by atoms with E-state index in [1.54, 1.807) is 6.07 Å². The number of carboxylic acids is 1. The zero-order chi connectivity index (χ0) is 14.7. The molecule has 0 bridgehead atoms. The summed E-state index contributed by atoms with van der Waals surface area (Å²) in [6.07, 6.45) is 0.582. The molecule has 0 spiro atoms. The molecule has 1 aliphatic heterocycles. The molecule has 0 saturated heterocycles. The molecule has 1 heterocycles. The topological polar surface area (TPSA) is 66.8 Å². The maximum absolute atomic E-state index is 13.7. The number of halogens is 1. The Labute approximate surface area is 115 Å². The van der Waals surface area contributed by atoms with Crippen LogP contribution < -0.4 is 0 Å². The number of hydrogen-bond acceptors (Lipinski definition) is 3. The molecule has 0 radical (unpaired) electrons. The van der Waals surface area contributed by atoms with Gasteiger partial charge < -0.3 is 9.84 Å². The van der Waals surface area contributed by atoms with Crippen LogP contribution in [-0.4, -0.2) is 34.7 Å². The summed E-state index contributed by atoms with van der Waals surface area (Å²) < 4.78 is 18.6. The number of amides is 1. The quantitative estimate of drug-likeness (QED) is 0.859. The molecule has 1 N–H and O–H groups in total. The van der Waals surface area contributed by atoms with Crippen LogP contribution in [-0.2, 0) is 22.5 Å². The minimum absolute atomic E-state index is 0.00230. The number of ether oxygens (including phenoxy) is 1. The van der Waals surface area contributed by atoms with Crippen LogP contribution in [0.3, 0.4) is 0 Å². The van der Waals surface area contributed by atoms with Crippen LogP contribution in [0, 0.1) is 5.82 Å². The molecule has 106 valence electrons. The van der Waals surface area contributed by atoms with Gasteiger partial charge >= 0.3 is 12.1 Å². The Bertz CT molecular complexity index is 558. The summed E-state index contributed by atoms with van der Waals surface area (Å²) in [5, 5.41) is 9.21. The number of hydrogen-bond donors (Lipinski definition) is 1. The Morgan fingerprint density at radius 3 is 2.95 bits per heavy atom. The first kappa shape index (κ1) is 14.0. The zero-order valence-corrected chi connectivity index (χ0v) is 10.7. The summed E-state index contributed by atoms with van der Waals surface area (Å²) >= 11 is 0. The molecule has 0 aromatic heterocycles. The van der Waals surface area contributed by atoms with Crippen molar-refractivity contribution in [2.45, 2.75) is 19.0 Å². The van der Waals surface area contributed by atoms with Crippen LogP contribution in [0.1, 0.15) is 11.1 Å². The highest BCUT2D eigenvalue weighted by molar-refractivity contribution is 5.81. The molecule has 6 heteroatoms. The average molecular weight is 279 g/mol. The standard InChI is InChI=1S/C14H14FNO4/c1-2-6-20-14(19)16-8-9-4-3-5-11(15)10(9)7-12(16)13(17)18/h2-5,12H,1,6-8H2,(H,17,18). The van der Waals surface area contributed by atoms with E-state index >= 15 is 0 Å². The van der Waals surface area contributed by atoms with Crippen molar-refractivity contribution in [2.24, 2.45) is 0 Å². The van der Waals surface area contributed by atoms with Crippen molar-refractivity contribution in [3.63, 3.8) is 0 Å². The Kier molecular flexibility index (Phi) is 4.02. The second-order valence-electron chi connectivity index (χ2n) is 4.43. The molecular weight excluding hydrogens is 265 g/mol. The lowest BCUT2D eigenvalue weighted by Crippen LogP contribution is -2.49. The lowest BCUT2D eigenvalue weighted by atomic mass is 9.94. The van der Waals surface area contributed by atoms with E-state index in [-0.39, 0.29) is 19.6 Å². The number of aliphatic carboxylic acids is 1. The minimum atomic E-state index is -1.19. The van der Waals surface area contributed by atoms with E-state index in [0.717, 1.165) is 4.90 Å². The third kappa shape index (κ3) is 2.64. The molecule has 0 fully saturated rings. The largest absolute Gasteiger partial charge is 0.480 e. The van der Waals surface area contributed by atoms with E-state index in [0.29, 0.717) is 11.1 Å². The van der Waals surface area contributed by atoms with E-state index in [4.69, 9.17) is 4.74 Å². The molecule has 1 aliphatic rings. The smallest absolute Gasteiger partial charge is 0.411 e. The number of nitrogens with zero attached hydrogens (tertiary/aromatic N) is 1. The monoisotopic (exact) mass is 279 g/mol. The Balaban J connectivity index is 2.30. The second-order valence-corrected chi connectivity index (χ2v) is 4.43. The molecular formula is C14H14FNO4. The molecule has 0 saturated carbocycles. The summed E-state index contributed by atoms with van der Waals surface area (Å²) in [5.74, 6) is -1.64. The highest BCUT2D eigenvalue weighted by Gasteiger charge is 2.36. The number of carboxylic acid groups (broad SMARTS) is 1. The number of carbonyl (C=O) groups excluding carboxylic acids is 1. The number of rotatable bonds is 3. The van der Waals surface area contributed by atoms with Gasteiger partial charge in [0.25, 0.3) is 0 Å². The van der Waals surface area contributed by atoms with Gasteiger partial charge in [-0.25, -0.2) is 14.0 Å². The van der Waals surface area contributed by atoms with E-state index < -0.39 is 23.9 Å². The van der Waals surface area contributed by atoms with Gasteiger partial charge in [-0.2, -0.15) is 0 Å². The Morgan fingerprint density at radius 2 is 2.30 bits per heavy atom. The molecule has 2 rings (SSSR count). The molecule has 5 nitrogen and oxygen atoms in total. The molecule has 1 amide bonds. The van der Waals surface area contributed by atoms with Gasteiger partial charge in [0.05, 0.1) is 6.54 Å². The maximum Gasteiger partial charge on any atom is 0.411 e. The fraction of sp³-hybridized carbons (Fsp3) is 0.286. The van der Waals surface area contributed by atoms with Crippen molar-refractivity contribution in [1.82, 2.24) is 4.90 Å². The summed E-state index contributed by atoms with van der Waals surface area (Å²) in [5.41, 5.74) is 0.936. The number of benzene rings is 1. The lowest BCUT2D eigenvalue weighted by Gasteiger charge is -2.33. The predicted octanol–water partition coefficient (Wildman–Crippen LogP) is 1.96. The van der Waals surface area contributed by atoms with E-state index in [1.807, 2.05) is 0 Å². The van der Waals surface area contributed by atoms with Gasteiger partial charge in [0.15, 0.2) is 0 Å². The molecule has 1 atom stereocenters. The summed E-state index contributed by atoms with van der Waals surface area (Å²) in [4.78, 5) is 24.2. The van der Waals surface area contributed by atoms with Gasteiger partial charge in [-0.1, -0.05) is 24.8 Å². The number of carbonyl (C=O) groups is 2. The summed E-state index contributed by atoms with van der Waals surface area (Å²) in [6.45, 7) is 3.43. The van der Waals surface area contributed by atoms with Gasteiger partial charge in [0.1, 0.15) is 18.5 Å². The number of fused-ring (bicyclic) bond motifs is 1. The van der Waals surface area contributed by atoms with E-state index in [2.05, 4.69) is 6.58 Å². The first-order valence-electron chi connectivity index (χ1n) is 6.08. The van der Waals surface area contributed by atoms with Crippen LogP contribution in [0.5, 0.6) is 0 Å². The van der Waals surface area contributed by atoms with Gasteiger partial charge in [0.2, 0.25) is 0 Å². The first-order chi connectivity index (χ1) is 9.54. The molecule has 0 aliphatic carbocycles. The van der Waals surface area contributed by atoms with Crippen LogP contribution in [0.25, 0.3) is 0 Å². The highest BCUT2D eigenvalue weighted by atomic mass is 19.1. The molecule has 20 heavy (non-hydrogen) atoms. The normalized spacial score (nSPS) is 17.2. The van der Waals surface area contributed by atoms with Gasteiger partial charge in [-0.05, 0) is 17.2 Å². The summed E-state index contributed by atoms with van der Waals surface area (Å²) in [6, 6.07) is 3.35. The van der Waals surface area contributed by atoms with Gasteiger partial charge in [-0.15, -0.1) is 0 Å². The van der Waals surface area contributed by atoms with Crippen molar-refractivity contribution in [3.8, 4) is 0 Å². The fourth-order valence-electron chi connectivity index (χ4n) is 2.20. The van der Waals surface area contributed by atoms with Gasteiger partial charge in [-0.3, -0.25) is 4.90 Å². The van der Waals surface area contributed by atoms with Gasteiger partial charge in [0, 0.05) is 6.42 Å². The third-order valence-electron chi connectivity index (χ3n) is 3.17. The van der Waals surface area contributed by atoms with Crippen molar-refractivity contribution in [1.29, 1.82) is 0 Å². The highest BCUT2D eigenvalue weighted by Crippen LogP contribution is 2.26. The van der Waals surface area contributed by atoms with Crippen LogP contribution in [0.4, 0.5) is 9.18 Å². The van der Waals surface area contributed by atoms with Crippen molar-refractivity contribution < 1.29 is 23.8 Å². The van der Waals surface area contributed by atoms with E-state index in [1.165, 1.54) is 18.2 Å². The zero-order valence-electron chi connectivity index (χ0n) is 10.7. The van der Waals surface area contributed by atoms with E-state index in [9.17, 15) is 19.1 Å². The Morgan fingerprint density at radius 1 is 1.55 bits per heavy atom. The molecule has 1 unspecified atom stereocenters. The van der Waals surface area contributed by atoms with Crippen LogP contribution in [0.15, 0.2) is 30.9 Å².